The fourth-order valence-corrected chi connectivity index (χ4v) is 2.94. The van der Waals surface area contributed by atoms with E-state index in [1.165, 1.54) is 4.90 Å². The molecule has 0 aliphatic heterocycles. The van der Waals surface area contributed by atoms with E-state index in [0.717, 1.165) is 10.0 Å². The monoisotopic (exact) mass is 367 g/mol. The van der Waals surface area contributed by atoms with Crippen LogP contribution in [0.4, 0.5) is 0 Å². The van der Waals surface area contributed by atoms with Gasteiger partial charge >= 0.3 is 5.97 Å². The van der Waals surface area contributed by atoms with Crippen molar-refractivity contribution >= 4 is 33.5 Å². The second-order valence-corrected chi connectivity index (χ2v) is 6.04. The maximum atomic E-state index is 12.7. The van der Waals surface area contributed by atoms with Crippen LogP contribution in [0.1, 0.15) is 35.1 Å². The molecule has 2 aromatic rings. The average molecular weight is 368 g/mol. The van der Waals surface area contributed by atoms with Crippen LogP contribution in [-0.4, -0.2) is 44.9 Å². The molecule has 0 aliphatic carbocycles. The van der Waals surface area contributed by atoms with Crippen LogP contribution in [0.3, 0.4) is 0 Å². The molecule has 2 heterocycles. The minimum atomic E-state index is -0.924. The summed E-state index contributed by atoms with van der Waals surface area (Å²) in [7, 11) is 1.61. The van der Waals surface area contributed by atoms with Crippen molar-refractivity contribution in [2.45, 2.75) is 26.7 Å². The third-order valence-electron chi connectivity index (χ3n) is 3.43. The third-order valence-corrected chi connectivity index (χ3v) is 4.01. The van der Waals surface area contributed by atoms with Crippen molar-refractivity contribution in [1.29, 1.82) is 0 Å². The molecule has 0 aromatic carbocycles. The Balaban J connectivity index is 2.49. The summed E-state index contributed by atoms with van der Waals surface area (Å²) >= 11 is 3.47. The number of fused-ring (bicyclic) bond motifs is 1. The van der Waals surface area contributed by atoms with Gasteiger partial charge in [0.15, 0.2) is 5.65 Å². The Morgan fingerprint density at radius 3 is 2.73 bits per heavy atom. The van der Waals surface area contributed by atoms with Crippen molar-refractivity contribution in [3.05, 3.63) is 33.7 Å². The highest BCUT2D eigenvalue weighted by Gasteiger charge is 2.22. The lowest BCUT2D eigenvalue weighted by atomic mass is 10.2. The first-order chi connectivity index (χ1) is 10.3. The molecule has 0 aliphatic rings. The SMILES string of the molecule is CCc1nc2c(Br)cc(C)cn2c1C(=O)N(C)CCC(=O)O. The summed E-state index contributed by atoms with van der Waals surface area (Å²) in [6.45, 7) is 4.05. The van der Waals surface area contributed by atoms with Crippen LogP contribution < -0.4 is 0 Å². The summed E-state index contributed by atoms with van der Waals surface area (Å²) in [4.78, 5) is 29.3. The van der Waals surface area contributed by atoms with E-state index in [1.54, 1.807) is 11.4 Å². The van der Waals surface area contributed by atoms with Crippen molar-refractivity contribution in [3.8, 4) is 0 Å². The molecule has 22 heavy (non-hydrogen) atoms. The molecule has 0 saturated heterocycles. The van der Waals surface area contributed by atoms with Crippen LogP contribution in [0.5, 0.6) is 0 Å². The van der Waals surface area contributed by atoms with Gasteiger partial charge in [-0.3, -0.25) is 14.0 Å². The van der Waals surface area contributed by atoms with E-state index >= 15 is 0 Å². The van der Waals surface area contributed by atoms with Crippen LogP contribution in [0.2, 0.25) is 0 Å². The van der Waals surface area contributed by atoms with Crippen LogP contribution in [0.25, 0.3) is 5.65 Å². The molecule has 0 bridgehead atoms. The molecule has 2 aromatic heterocycles. The second-order valence-electron chi connectivity index (χ2n) is 5.19. The number of aromatic nitrogens is 2. The van der Waals surface area contributed by atoms with Gasteiger partial charge in [0.05, 0.1) is 16.6 Å². The summed E-state index contributed by atoms with van der Waals surface area (Å²) in [6.07, 6.45) is 2.41. The van der Waals surface area contributed by atoms with Gasteiger partial charge in [0, 0.05) is 19.8 Å². The molecule has 0 atom stereocenters. The van der Waals surface area contributed by atoms with Gasteiger partial charge in [-0.1, -0.05) is 6.92 Å². The first-order valence-electron chi connectivity index (χ1n) is 6.99. The lowest BCUT2D eigenvalue weighted by Crippen LogP contribution is -2.30. The molecular formula is C15H18BrN3O3. The molecule has 1 N–H and O–H groups in total. The summed E-state index contributed by atoms with van der Waals surface area (Å²) < 4.78 is 2.60. The number of aliphatic carboxylic acids is 1. The maximum absolute atomic E-state index is 12.7. The number of carboxylic acid groups (broad SMARTS) is 1. The Hall–Kier alpha value is -1.89. The lowest BCUT2D eigenvalue weighted by molar-refractivity contribution is -0.137. The maximum Gasteiger partial charge on any atom is 0.305 e. The van der Waals surface area contributed by atoms with Crippen molar-refractivity contribution < 1.29 is 14.7 Å². The predicted octanol–water partition coefficient (Wildman–Crippen LogP) is 2.51. The van der Waals surface area contributed by atoms with E-state index in [9.17, 15) is 9.59 Å². The summed E-state index contributed by atoms with van der Waals surface area (Å²) in [5, 5.41) is 8.76. The molecule has 0 fully saturated rings. The standard InChI is InChI=1S/C15H18BrN3O3/c1-4-11-13(15(22)18(3)6-5-12(20)21)19-8-9(2)7-10(16)14(19)17-11/h7-8H,4-6H2,1-3H3,(H,20,21). The largest absolute Gasteiger partial charge is 0.481 e. The first kappa shape index (κ1) is 16.5. The van der Waals surface area contributed by atoms with Gasteiger partial charge in [-0.05, 0) is 40.9 Å². The Bertz CT molecular complexity index is 739. The van der Waals surface area contributed by atoms with Gasteiger partial charge in [-0.2, -0.15) is 0 Å². The molecule has 118 valence electrons. The minimum absolute atomic E-state index is 0.0802. The molecule has 6 nitrogen and oxygen atoms in total. The highest BCUT2D eigenvalue weighted by atomic mass is 79.9. The van der Waals surface area contributed by atoms with Gasteiger partial charge in [-0.25, -0.2) is 4.98 Å². The molecule has 0 radical (unpaired) electrons. The number of hydrogen-bond acceptors (Lipinski definition) is 3. The van der Waals surface area contributed by atoms with E-state index in [2.05, 4.69) is 20.9 Å². The van der Waals surface area contributed by atoms with E-state index in [0.29, 0.717) is 23.5 Å². The van der Waals surface area contributed by atoms with Crippen LogP contribution in [0.15, 0.2) is 16.7 Å². The summed E-state index contributed by atoms with van der Waals surface area (Å²) in [5.41, 5.74) is 2.90. The number of aryl methyl sites for hydroxylation is 2. The lowest BCUT2D eigenvalue weighted by Gasteiger charge is -2.16. The molecule has 7 heteroatoms. The zero-order valence-electron chi connectivity index (χ0n) is 12.8. The molecule has 1 amide bonds. The highest BCUT2D eigenvalue weighted by molar-refractivity contribution is 9.10. The molecular weight excluding hydrogens is 350 g/mol. The van der Waals surface area contributed by atoms with Crippen LogP contribution in [0, 0.1) is 6.92 Å². The van der Waals surface area contributed by atoms with Gasteiger partial charge in [0.1, 0.15) is 5.69 Å². The van der Waals surface area contributed by atoms with Gasteiger partial charge < -0.3 is 10.0 Å². The third kappa shape index (κ3) is 3.14. The van der Waals surface area contributed by atoms with Crippen LogP contribution >= 0.6 is 15.9 Å². The Morgan fingerprint density at radius 1 is 1.45 bits per heavy atom. The number of carbonyl (C=O) groups excluding carboxylic acids is 1. The zero-order valence-corrected chi connectivity index (χ0v) is 14.3. The van der Waals surface area contributed by atoms with Gasteiger partial charge in [-0.15, -0.1) is 0 Å². The topological polar surface area (TPSA) is 74.9 Å². The Labute approximate surface area is 136 Å². The van der Waals surface area contributed by atoms with Crippen molar-refractivity contribution in [2.24, 2.45) is 0 Å². The fraction of sp³-hybridized carbons (Fsp3) is 0.400. The number of pyridine rings is 1. The summed E-state index contributed by atoms with van der Waals surface area (Å²) in [5.74, 6) is -1.14. The number of hydrogen-bond donors (Lipinski definition) is 1. The number of imidazole rings is 1. The van der Waals surface area contributed by atoms with Gasteiger partial charge in [0.2, 0.25) is 0 Å². The number of carbonyl (C=O) groups is 2. The molecule has 0 saturated carbocycles. The number of nitrogens with zero attached hydrogens (tertiary/aromatic N) is 3. The van der Waals surface area contributed by atoms with Crippen molar-refractivity contribution in [2.75, 3.05) is 13.6 Å². The zero-order chi connectivity index (χ0) is 16.4. The normalized spacial score (nSPS) is 10.9. The number of amides is 1. The van der Waals surface area contributed by atoms with Crippen LogP contribution in [-0.2, 0) is 11.2 Å². The fourth-order valence-electron chi connectivity index (χ4n) is 2.30. The van der Waals surface area contributed by atoms with E-state index in [1.807, 2.05) is 26.1 Å². The molecule has 0 spiro atoms. The smallest absolute Gasteiger partial charge is 0.305 e. The Kier molecular flexibility index (Phi) is 4.85. The van der Waals surface area contributed by atoms with Gasteiger partial charge in [0.25, 0.3) is 5.91 Å². The number of carboxylic acids is 1. The van der Waals surface area contributed by atoms with E-state index in [4.69, 9.17) is 5.11 Å². The first-order valence-corrected chi connectivity index (χ1v) is 7.78. The molecule has 0 unspecified atom stereocenters. The van der Waals surface area contributed by atoms with Crippen molar-refractivity contribution in [3.63, 3.8) is 0 Å². The average Bonchev–Trinajstić information content (AvgIpc) is 2.82. The number of halogens is 1. The minimum Gasteiger partial charge on any atom is -0.481 e. The molecule has 2 rings (SSSR count). The van der Waals surface area contributed by atoms with E-state index < -0.39 is 5.97 Å². The quantitative estimate of drug-likeness (QED) is 0.880. The summed E-state index contributed by atoms with van der Waals surface area (Å²) in [6, 6.07) is 1.95. The second kappa shape index (κ2) is 6.48. The predicted molar refractivity (Wildman–Crippen MR) is 86.2 cm³/mol. The van der Waals surface area contributed by atoms with E-state index in [-0.39, 0.29) is 18.9 Å². The number of rotatable bonds is 5. The Morgan fingerprint density at radius 2 is 2.14 bits per heavy atom. The highest BCUT2D eigenvalue weighted by Crippen LogP contribution is 2.23. The van der Waals surface area contributed by atoms with Crippen molar-refractivity contribution in [1.82, 2.24) is 14.3 Å².